The largest absolute Gasteiger partial charge is 0.341 e. The van der Waals surface area contributed by atoms with E-state index in [0.717, 1.165) is 15.2 Å². The lowest BCUT2D eigenvalue weighted by Gasteiger charge is -2.10. The molecular formula is C11H12N4O2S2. The van der Waals surface area contributed by atoms with Crippen LogP contribution in [0.25, 0.3) is 10.2 Å². The Hall–Kier alpha value is -1.67. The molecule has 2 heterocycles. The van der Waals surface area contributed by atoms with Crippen molar-refractivity contribution in [3.63, 3.8) is 0 Å². The van der Waals surface area contributed by atoms with Gasteiger partial charge in [0, 0.05) is 7.05 Å². The quantitative estimate of drug-likeness (QED) is 0.664. The second kappa shape index (κ2) is 5.98. The van der Waals surface area contributed by atoms with E-state index in [-0.39, 0.29) is 5.91 Å². The molecule has 0 bridgehead atoms. The second-order valence-corrected chi connectivity index (χ2v) is 5.89. The maximum atomic E-state index is 11.8. The predicted molar refractivity (Wildman–Crippen MR) is 75.3 cm³/mol. The van der Waals surface area contributed by atoms with E-state index in [1.54, 1.807) is 6.92 Å². The lowest BCUT2D eigenvalue weighted by atomic mass is 10.4. The number of imide groups is 1. The third kappa shape index (κ3) is 3.21. The number of nitrogens with one attached hydrogen (secondary N) is 2. The van der Waals surface area contributed by atoms with Crippen LogP contribution in [0.4, 0.5) is 4.79 Å². The van der Waals surface area contributed by atoms with Gasteiger partial charge in [-0.3, -0.25) is 10.1 Å². The van der Waals surface area contributed by atoms with Gasteiger partial charge in [0.25, 0.3) is 0 Å². The van der Waals surface area contributed by atoms with E-state index in [1.165, 1.54) is 36.5 Å². The lowest BCUT2D eigenvalue weighted by molar-refractivity contribution is -0.119. The number of aromatic nitrogens is 2. The molecule has 0 aliphatic rings. The molecular weight excluding hydrogens is 284 g/mol. The molecule has 2 N–H and O–H groups in total. The van der Waals surface area contributed by atoms with Crippen LogP contribution in [0.3, 0.4) is 0 Å². The first-order valence-corrected chi connectivity index (χ1v) is 7.25. The minimum Gasteiger partial charge on any atom is -0.341 e. The van der Waals surface area contributed by atoms with E-state index >= 15 is 0 Å². The molecule has 2 rings (SSSR count). The van der Waals surface area contributed by atoms with E-state index in [2.05, 4.69) is 20.6 Å². The van der Waals surface area contributed by atoms with Gasteiger partial charge < -0.3 is 5.32 Å². The predicted octanol–water partition coefficient (Wildman–Crippen LogP) is 1.63. The number of thioether (sulfide) groups is 1. The number of hydrogen-bond donors (Lipinski definition) is 2. The molecule has 0 fully saturated rings. The summed E-state index contributed by atoms with van der Waals surface area (Å²) in [6, 6.07) is 1.39. The number of hydrogen-bond acceptors (Lipinski definition) is 6. The summed E-state index contributed by atoms with van der Waals surface area (Å²) in [5.41, 5.74) is 0.862. The van der Waals surface area contributed by atoms with Crippen molar-refractivity contribution in [3.8, 4) is 0 Å². The molecule has 0 aliphatic carbocycles. The van der Waals surface area contributed by atoms with Crippen LogP contribution in [-0.2, 0) is 4.79 Å². The van der Waals surface area contributed by atoms with Gasteiger partial charge in [0.15, 0.2) is 0 Å². The average molecular weight is 296 g/mol. The Morgan fingerprint density at radius 3 is 2.95 bits per heavy atom. The molecule has 2 aromatic rings. The summed E-state index contributed by atoms with van der Waals surface area (Å²) >= 11 is 2.83. The first-order chi connectivity index (χ1) is 9.11. The van der Waals surface area contributed by atoms with Crippen LogP contribution in [0.15, 0.2) is 22.8 Å². The molecule has 0 saturated carbocycles. The minimum atomic E-state index is -0.513. The molecule has 1 atom stereocenters. The summed E-state index contributed by atoms with van der Waals surface area (Å²) in [5.74, 6) is -0.354. The molecule has 100 valence electrons. The maximum absolute atomic E-state index is 11.8. The molecule has 6 nitrogen and oxygen atoms in total. The highest BCUT2D eigenvalue weighted by Crippen LogP contribution is 2.31. The maximum Gasteiger partial charge on any atom is 0.321 e. The fraction of sp³-hybridized carbons (Fsp3) is 0.273. The van der Waals surface area contributed by atoms with E-state index in [1.807, 2.05) is 11.4 Å². The van der Waals surface area contributed by atoms with Crippen LogP contribution in [0, 0.1) is 0 Å². The third-order valence-electron chi connectivity index (χ3n) is 2.33. The van der Waals surface area contributed by atoms with Crippen molar-refractivity contribution in [2.75, 3.05) is 7.05 Å². The van der Waals surface area contributed by atoms with Crippen molar-refractivity contribution in [1.82, 2.24) is 20.6 Å². The second-order valence-electron chi connectivity index (χ2n) is 3.64. The highest BCUT2D eigenvalue weighted by atomic mass is 32.2. The number of rotatable bonds is 3. The van der Waals surface area contributed by atoms with Crippen molar-refractivity contribution in [3.05, 3.63) is 17.8 Å². The number of carbonyl (C=O) groups excluding carboxylic acids is 2. The number of amides is 3. The number of thiophene rings is 1. The van der Waals surface area contributed by atoms with Gasteiger partial charge in [-0.1, -0.05) is 11.8 Å². The number of urea groups is 1. The zero-order valence-corrected chi connectivity index (χ0v) is 12.0. The summed E-state index contributed by atoms with van der Waals surface area (Å²) in [4.78, 5) is 31.2. The summed E-state index contributed by atoms with van der Waals surface area (Å²) in [5, 5.41) is 6.84. The average Bonchev–Trinajstić information content (AvgIpc) is 2.87. The molecule has 19 heavy (non-hydrogen) atoms. The van der Waals surface area contributed by atoms with E-state index in [9.17, 15) is 9.59 Å². The van der Waals surface area contributed by atoms with Crippen LogP contribution in [0.5, 0.6) is 0 Å². The normalized spacial score (nSPS) is 12.1. The van der Waals surface area contributed by atoms with Gasteiger partial charge in [-0.2, -0.15) is 0 Å². The fourth-order valence-electron chi connectivity index (χ4n) is 1.35. The van der Waals surface area contributed by atoms with Crippen LogP contribution in [0.1, 0.15) is 6.92 Å². The number of nitrogens with zero attached hydrogens (tertiary/aromatic N) is 2. The van der Waals surface area contributed by atoms with Crippen molar-refractivity contribution in [2.24, 2.45) is 0 Å². The molecule has 0 aliphatic heterocycles. The summed E-state index contributed by atoms with van der Waals surface area (Å²) in [6.45, 7) is 1.73. The minimum absolute atomic E-state index is 0.354. The molecule has 0 aromatic carbocycles. The monoisotopic (exact) mass is 296 g/mol. The van der Waals surface area contributed by atoms with Crippen molar-refractivity contribution < 1.29 is 9.59 Å². The van der Waals surface area contributed by atoms with Gasteiger partial charge in [-0.15, -0.1) is 11.3 Å². The Morgan fingerprint density at radius 2 is 2.21 bits per heavy atom. The van der Waals surface area contributed by atoms with E-state index in [4.69, 9.17) is 0 Å². The highest BCUT2D eigenvalue weighted by Gasteiger charge is 2.18. The molecule has 3 amide bonds. The van der Waals surface area contributed by atoms with Crippen molar-refractivity contribution in [1.29, 1.82) is 0 Å². The van der Waals surface area contributed by atoms with Crippen LogP contribution >= 0.6 is 23.1 Å². The molecule has 0 radical (unpaired) electrons. The van der Waals surface area contributed by atoms with Gasteiger partial charge in [0.05, 0.1) is 15.5 Å². The van der Waals surface area contributed by atoms with Gasteiger partial charge in [-0.05, 0) is 18.4 Å². The van der Waals surface area contributed by atoms with Gasteiger partial charge >= 0.3 is 6.03 Å². The Bertz CT molecular complexity index is 614. The summed E-state index contributed by atoms with van der Waals surface area (Å²) in [7, 11) is 1.46. The van der Waals surface area contributed by atoms with Gasteiger partial charge in [-0.25, -0.2) is 14.8 Å². The van der Waals surface area contributed by atoms with Crippen LogP contribution in [0.2, 0.25) is 0 Å². The first kappa shape index (κ1) is 13.8. The number of carbonyl (C=O) groups is 2. The molecule has 0 spiro atoms. The Morgan fingerprint density at radius 1 is 1.42 bits per heavy atom. The smallest absolute Gasteiger partial charge is 0.321 e. The van der Waals surface area contributed by atoms with Gasteiger partial charge in [0.1, 0.15) is 11.4 Å². The standard InChI is InChI=1S/C11H12N4O2S2/c1-6(9(16)15-11(17)12-2)19-10-8-7(3-4-18-8)13-5-14-10/h3-6H,1-2H3,(H2,12,15,16,17). The molecule has 0 saturated heterocycles. The zero-order valence-electron chi connectivity index (χ0n) is 10.3. The summed E-state index contributed by atoms with van der Waals surface area (Å²) in [6.07, 6.45) is 1.47. The molecule has 2 aromatic heterocycles. The van der Waals surface area contributed by atoms with Crippen LogP contribution < -0.4 is 10.6 Å². The zero-order chi connectivity index (χ0) is 13.8. The Labute approximate surface area is 118 Å². The SMILES string of the molecule is CNC(=O)NC(=O)C(C)Sc1ncnc2ccsc12. The van der Waals surface area contributed by atoms with Crippen molar-refractivity contribution in [2.45, 2.75) is 17.2 Å². The lowest BCUT2D eigenvalue weighted by Crippen LogP contribution is -2.41. The number of fused-ring (bicyclic) bond motifs is 1. The fourth-order valence-corrected chi connectivity index (χ4v) is 3.18. The summed E-state index contributed by atoms with van der Waals surface area (Å²) < 4.78 is 0.951. The van der Waals surface area contributed by atoms with E-state index in [0.29, 0.717) is 0 Å². The Kier molecular flexibility index (Phi) is 4.33. The topological polar surface area (TPSA) is 84.0 Å². The highest BCUT2D eigenvalue weighted by molar-refractivity contribution is 8.00. The van der Waals surface area contributed by atoms with Crippen LogP contribution in [-0.4, -0.2) is 34.2 Å². The van der Waals surface area contributed by atoms with E-state index < -0.39 is 11.3 Å². The molecule has 8 heteroatoms. The van der Waals surface area contributed by atoms with Gasteiger partial charge in [0.2, 0.25) is 5.91 Å². The van der Waals surface area contributed by atoms with Crippen molar-refractivity contribution >= 4 is 45.3 Å². The Balaban J connectivity index is 2.10. The molecule has 1 unspecified atom stereocenters. The third-order valence-corrected chi connectivity index (χ3v) is 4.47. The first-order valence-electron chi connectivity index (χ1n) is 5.49.